The van der Waals surface area contributed by atoms with Crippen LogP contribution in [0.2, 0.25) is 0 Å². The minimum Gasteiger partial charge on any atom is -0.550 e. The van der Waals surface area contributed by atoms with Gasteiger partial charge in [-0.25, -0.2) is 0 Å². The highest BCUT2D eigenvalue weighted by Gasteiger charge is 2.28. The fourth-order valence-electron chi connectivity index (χ4n) is 2.19. The first-order valence-electron chi connectivity index (χ1n) is 6.64. The van der Waals surface area contributed by atoms with Gasteiger partial charge in [-0.05, 0) is 5.56 Å². The van der Waals surface area contributed by atoms with Crippen LogP contribution in [0.1, 0.15) is 24.7 Å². The van der Waals surface area contributed by atoms with E-state index in [0.717, 1.165) is 11.4 Å². The standard InChI is InChI=1S/C14H14N4O2S/c1-2-11-15-16-14-18(11)17-13(9-6-4-3-5-7-9)10(21-14)8-12(19)20/h3-7,10H,2,8H2,1H3,(H,19,20)/p-1/t10-/m1/s1. The number of aliphatic carboxylic acids is 1. The average molecular weight is 301 g/mol. The number of fused-ring (bicyclic) bond motifs is 1. The Balaban J connectivity index is 2.07. The predicted octanol–water partition coefficient (Wildman–Crippen LogP) is 0.707. The van der Waals surface area contributed by atoms with Crippen LogP contribution in [0, 0.1) is 0 Å². The molecule has 0 aliphatic carbocycles. The predicted molar refractivity (Wildman–Crippen MR) is 77.0 cm³/mol. The quantitative estimate of drug-likeness (QED) is 0.830. The maximum atomic E-state index is 11.0. The van der Waals surface area contributed by atoms with E-state index in [1.54, 1.807) is 4.68 Å². The topological polar surface area (TPSA) is 83.2 Å². The Labute approximate surface area is 125 Å². The van der Waals surface area contributed by atoms with Crippen molar-refractivity contribution in [3.8, 4) is 0 Å². The van der Waals surface area contributed by atoms with E-state index >= 15 is 0 Å². The number of thioether (sulfide) groups is 1. The van der Waals surface area contributed by atoms with Crippen LogP contribution < -0.4 is 5.11 Å². The summed E-state index contributed by atoms with van der Waals surface area (Å²) >= 11 is 1.36. The summed E-state index contributed by atoms with van der Waals surface area (Å²) in [4.78, 5) is 11.0. The van der Waals surface area contributed by atoms with E-state index < -0.39 is 5.97 Å². The van der Waals surface area contributed by atoms with Crippen molar-refractivity contribution < 1.29 is 9.90 Å². The van der Waals surface area contributed by atoms with Crippen LogP contribution in [-0.2, 0) is 11.2 Å². The lowest BCUT2D eigenvalue weighted by molar-refractivity contribution is -0.305. The molecule has 2 heterocycles. The molecule has 0 saturated carbocycles. The zero-order valence-corrected chi connectivity index (χ0v) is 12.2. The van der Waals surface area contributed by atoms with Gasteiger partial charge in [0.2, 0.25) is 5.16 Å². The van der Waals surface area contributed by atoms with Gasteiger partial charge in [0.15, 0.2) is 5.82 Å². The second-order valence-electron chi connectivity index (χ2n) is 4.60. The van der Waals surface area contributed by atoms with Crippen LogP contribution in [0.4, 0.5) is 0 Å². The molecular formula is C14H13N4O2S-. The largest absolute Gasteiger partial charge is 0.550 e. The number of aromatic nitrogens is 3. The molecule has 0 N–H and O–H groups in total. The van der Waals surface area contributed by atoms with E-state index in [4.69, 9.17) is 0 Å². The van der Waals surface area contributed by atoms with Crippen molar-refractivity contribution in [3.63, 3.8) is 0 Å². The number of carboxylic acids is 1. The van der Waals surface area contributed by atoms with Crippen LogP contribution in [0.3, 0.4) is 0 Å². The number of nitrogens with zero attached hydrogens (tertiary/aromatic N) is 4. The van der Waals surface area contributed by atoms with Crippen LogP contribution in [-0.4, -0.2) is 31.8 Å². The number of carbonyl (C=O) groups excluding carboxylic acids is 1. The third-order valence-electron chi connectivity index (χ3n) is 3.17. The summed E-state index contributed by atoms with van der Waals surface area (Å²) < 4.78 is 1.69. The van der Waals surface area contributed by atoms with Gasteiger partial charge in [-0.2, -0.15) is 9.78 Å². The lowest BCUT2D eigenvalue weighted by atomic mass is 10.1. The Hall–Kier alpha value is -2.15. The zero-order valence-electron chi connectivity index (χ0n) is 11.4. The second kappa shape index (κ2) is 5.69. The molecule has 0 radical (unpaired) electrons. The van der Waals surface area contributed by atoms with E-state index in [9.17, 15) is 9.90 Å². The number of carboxylic acid groups (broad SMARTS) is 1. The van der Waals surface area contributed by atoms with E-state index in [-0.39, 0.29) is 11.7 Å². The van der Waals surface area contributed by atoms with Crippen molar-refractivity contribution in [1.29, 1.82) is 0 Å². The molecule has 0 saturated heterocycles. The molecule has 1 aliphatic rings. The molecule has 6 nitrogen and oxygen atoms in total. The van der Waals surface area contributed by atoms with Gasteiger partial charge in [0, 0.05) is 18.8 Å². The van der Waals surface area contributed by atoms with E-state index in [1.807, 2.05) is 37.3 Å². The molecular weight excluding hydrogens is 288 g/mol. The lowest BCUT2D eigenvalue weighted by Gasteiger charge is -2.23. The summed E-state index contributed by atoms with van der Waals surface area (Å²) in [5.74, 6) is -0.336. The van der Waals surface area contributed by atoms with E-state index in [1.165, 1.54) is 11.8 Å². The molecule has 7 heteroatoms. The number of carbonyl (C=O) groups is 1. The fourth-order valence-corrected chi connectivity index (χ4v) is 3.29. The van der Waals surface area contributed by atoms with Gasteiger partial charge in [-0.1, -0.05) is 49.0 Å². The fraction of sp³-hybridized carbons (Fsp3) is 0.286. The molecule has 21 heavy (non-hydrogen) atoms. The Morgan fingerprint density at radius 3 is 2.76 bits per heavy atom. The summed E-state index contributed by atoms with van der Waals surface area (Å²) in [6.45, 7) is 1.98. The first-order chi connectivity index (χ1) is 10.2. The molecule has 1 aliphatic heterocycles. The van der Waals surface area contributed by atoms with Gasteiger partial charge < -0.3 is 9.90 Å². The number of benzene rings is 1. The third-order valence-corrected chi connectivity index (χ3v) is 4.31. The van der Waals surface area contributed by atoms with Crippen LogP contribution in [0.15, 0.2) is 40.6 Å². The molecule has 3 rings (SSSR count). The maximum Gasteiger partial charge on any atom is 0.212 e. The second-order valence-corrected chi connectivity index (χ2v) is 5.77. The highest BCUT2D eigenvalue weighted by Crippen LogP contribution is 2.32. The van der Waals surface area contributed by atoms with Crippen molar-refractivity contribution >= 4 is 23.4 Å². The van der Waals surface area contributed by atoms with Crippen molar-refractivity contribution in [2.24, 2.45) is 5.10 Å². The average Bonchev–Trinajstić information content (AvgIpc) is 2.88. The molecule has 0 spiro atoms. The van der Waals surface area contributed by atoms with Gasteiger partial charge in [0.1, 0.15) is 0 Å². The molecule has 0 unspecified atom stereocenters. The minimum absolute atomic E-state index is 0.104. The number of aryl methyl sites for hydroxylation is 1. The Morgan fingerprint density at radius 2 is 2.10 bits per heavy atom. The molecule has 0 fully saturated rings. The van der Waals surface area contributed by atoms with Crippen molar-refractivity contribution in [2.75, 3.05) is 0 Å². The summed E-state index contributed by atoms with van der Waals surface area (Å²) in [5.41, 5.74) is 1.62. The first-order valence-corrected chi connectivity index (χ1v) is 7.52. The lowest BCUT2D eigenvalue weighted by Crippen LogP contribution is -2.33. The monoisotopic (exact) mass is 301 g/mol. The Bertz CT molecular complexity index is 696. The van der Waals surface area contributed by atoms with Gasteiger partial charge in [-0.15, -0.1) is 10.2 Å². The van der Waals surface area contributed by atoms with Crippen molar-refractivity contribution in [3.05, 3.63) is 41.7 Å². The van der Waals surface area contributed by atoms with Crippen LogP contribution in [0.5, 0.6) is 0 Å². The number of hydrogen-bond donors (Lipinski definition) is 0. The normalized spacial score (nSPS) is 17.2. The first kappa shape index (κ1) is 13.8. The highest BCUT2D eigenvalue weighted by molar-refractivity contribution is 8.00. The van der Waals surface area contributed by atoms with E-state index in [0.29, 0.717) is 17.3 Å². The molecule has 0 amide bonds. The Kier molecular flexibility index (Phi) is 3.74. The summed E-state index contributed by atoms with van der Waals surface area (Å²) in [6.07, 6.45) is 0.608. The highest BCUT2D eigenvalue weighted by atomic mass is 32.2. The Morgan fingerprint density at radius 1 is 1.33 bits per heavy atom. The third kappa shape index (κ3) is 2.69. The van der Waals surface area contributed by atoms with Crippen molar-refractivity contribution in [2.45, 2.75) is 30.2 Å². The zero-order chi connectivity index (χ0) is 14.8. The molecule has 108 valence electrons. The number of rotatable bonds is 4. The van der Waals surface area contributed by atoms with E-state index in [2.05, 4.69) is 15.3 Å². The molecule has 1 atom stereocenters. The van der Waals surface area contributed by atoms with Gasteiger partial charge in [-0.3, -0.25) is 0 Å². The molecule has 1 aromatic carbocycles. The maximum absolute atomic E-state index is 11.0. The smallest absolute Gasteiger partial charge is 0.212 e. The van der Waals surface area contributed by atoms with Crippen LogP contribution in [0.25, 0.3) is 0 Å². The van der Waals surface area contributed by atoms with Gasteiger partial charge in [0.05, 0.1) is 11.0 Å². The molecule has 1 aromatic heterocycles. The summed E-state index contributed by atoms with van der Waals surface area (Å²) in [7, 11) is 0. The SMILES string of the molecule is CCc1nnc2n1N=C(c1ccccc1)[C@@H](CC(=O)[O-])S2. The molecule has 0 bridgehead atoms. The van der Waals surface area contributed by atoms with Gasteiger partial charge >= 0.3 is 0 Å². The summed E-state index contributed by atoms with van der Waals surface area (Å²) in [5, 5.41) is 24.0. The minimum atomic E-state index is -1.10. The molecule has 2 aromatic rings. The van der Waals surface area contributed by atoms with Gasteiger partial charge in [0.25, 0.3) is 0 Å². The number of hydrogen-bond acceptors (Lipinski definition) is 6. The van der Waals surface area contributed by atoms with Crippen LogP contribution >= 0.6 is 11.8 Å². The van der Waals surface area contributed by atoms with Crippen molar-refractivity contribution in [1.82, 2.24) is 14.9 Å². The summed E-state index contributed by atoms with van der Waals surface area (Å²) in [6, 6.07) is 9.56.